The fourth-order valence-electron chi connectivity index (χ4n) is 3.48. The predicted molar refractivity (Wildman–Crippen MR) is 129 cm³/mol. The van der Waals surface area contributed by atoms with Gasteiger partial charge in [-0.3, -0.25) is 9.69 Å². The normalized spacial score (nSPS) is 11.1. The number of hydrogen-bond donors (Lipinski definition) is 0. The van der Waals surface area contributed by atoms with Gasteiger partial charge in [-0.15, -0.1) is 17.9 Å². The molecule has 3 heterocycles. The third kappa shape index (κ3) is 4.39. The van der Waals surface area contributed by atoms with Gasteiger partial charge in [0, 0.05) is 35.3 Å². The zero-order valence-corrected chi connectivity index (χ0v) is 19.9. The van der Waals surface area contributed by atoms with Crippen LogP contribution in [0, 0.1) is 13.8 Å². The number of amides is 1. The number of rotatable bonds is 7. The predicted octanol–water partition coefficient (Wildman–Crippen LogP) is 5.32. The molecule has 3 aromatic heterocycles. The Balaban J connectivity index is 1.54. The van der Waals surface area contributed by atoms with Crippen molar-refractivity contribution < 1.29 is 4.79 Å². The van der Waals surface area contributed by atoms with Gasteiger partial charge in [0.1, 0.15) is 6.33 Å². The molecule has 0 aliphatic heterocycles. The lowest BCUT2D eigenvalue weighted by Gasteiger charge is -2.18. The van der Waals surface area contributed by atoms with Crippen molar-refractivity contribution in [2.75, 3.05) is 11.4 Å². The van der Waals surface area contributed by atoms with Gasteiger partial charge in [0.2, 0.25) is 5.91 Å². The molecule has 0 unspecified atom stereocenters. The van der Waals surface area contributed by atoms with Crippen molar-refractivity contribution in [3.8, 4) is 11.3 Å². The van der Waals surface area contributed by atoms with E-state index in [9.17, 15) is 4.79 Å². The maximum absolute atomic E-state index is 13.1. The SMILES string of the molecule is C=CCN(C(=O)CCc1c(C)nc2ncnn2c1C)c1nc(-c2ccc(Cl)c(Cl)c2)cs1. The number of anilines is 1. The van der Waals surface area contributed by atoms with Crippen LogP contribution < -0.4 is 4.90 Å². The fraction of sp³-hybridized carbons (Fsp3) is 0.227. The van der Waals surface area contributed by atoms with E-state index in [0.717, 1.165) is 28.2 Å². The molecular formula is C22H20Cl2N6OS. The molecular weight excluding hydrogens is 467 g/mol. The van der Waals surface area contributed by atoms with Crippen molar-refractivity contribution in [1.82, 2.24) is 24.6 Å². The molecule has 1 aromatic carbocycles. The van der Waals surface area contributed by atoms with E-state index in [1.54, 1.807) is 27.6 Å². The van der Waals surface area contributed by atoms with E-state index in [2.05, 4.69) is 26.6 Å². The van der Waals surface area contributed by atoms with E-state index in [4.69, 9.17) is 23.2 Å². The van der Waals surface area contributed by atoms with E-state index in [1.165, 1.54) is 17.7 Å². The second kappa shape index (κ2) is 9.36. The van der Waals surface area contributed by atoms with Crippen LogP contribution in [0.2, 0.25) is 10.0 Å². The molecule has 10 heteroatoms. The summed E-state index contributed by atoms with van der Waals surface area (Å²) in [6.45, 7) is 8.04. The number of carbonyl (C=O) groups is 1. The van der Waals surface area contributed by atoms with Crippen LogP contribution in [0.15, 0.2) is 42.6 Å². The summed E-state index contributed by atoms with van der Waals surface area (Å²) in [6.07, 6.45) is 4.01. The molecule has 0 fully saturated rings. The lowest BCUT2D eigenvalue weighted by atomic mass is 10.1. The summed E-state index contributed by atoms with van der Waals surface area (Å²) in [5, 5.41) is 7.66. The van der Waals surface area contributed by atoms with Gasteiger partial charge in [0.05, 0.1) is 15.7 Å². The summed E-state index contributed by atoms with van der Waals surface area (Å²) >= 11 is 13.5. The van der Waals surface area contributed by atoms with Crippen molar-refractivity contribution in [3.05, 3.63) is 69.6 Å². The lowest BCUT2D eigenvalue weighted by molar-refractivity contribution is -0.118. The maximum atomic E-state index is 13.1. The molecule has 164 valence electrons. The molecule has 0 N–H and O–H groups in total. The average molecular weight is 487 g/mol. The highest BCUT2D eigenvalue weighted by Gasteiger charge is 2.20. The number of carbonyl (C=O) groups excluding carboxylic acids is 1. The number of thiazole rings is 1. The number of hydrogen-bond acceptors (Lipinski definition) is 6. The largest absolute Gasteiger partial charge is 0.284 e. The van der Waals surface area contributed by atoms with Gasteiger partial charge < -0.3 is 0 Å². The van der Waals surface area contributed by atoms with Gasteiger partial charge in [0.15, 0.2) is 5.13 Å². The van der Waals surface area contributed by atoms with Crippen molar-refractivity contribution in [2.24, 2.45) is 0 Å². The molecule has 4 aromatic rings. The first-order valence-electron chi connectivity index (χ1n) is 9.87. The van der Waals surface area contributed by atoms with Crippen molar-refractivity contribution in [1.29, 1.82) is 0 Å². The second-order valence-corrected chi connectivity index (χ2v) is 8.82. The minimum Gasteiger partial charge on any atom is -0.284 e. The van der Waals surface area contributed by atoms with Crippen LogP contribution in [0.1, 0.15) is 23.4 Å². The van der Waals surface area contributed by atoms with E-state index < -0.39 is 0 Å². The van der Waals surface area contributed by atoms with Gasteiger partial charge in [-0.05, 0) is 38.0 Å². The highest BCUT2D eigenvalue weighted by atomic mass is 35.5. The third-order valence-corrected chi connectivity index (χ3v) is 6.73. The Morgan fingerprint density at radius 3 is 2.81 bits per heavy atom. The third-order valence-electron chi connectivity index (χ3n) is 5.13. The number of fused-ring (bicyclic) bond motifs is 1. The van der Waals surface area contributed by atoms with Crippen LogP contribution in [-0.2, 0) is 11.2 Å². The summed E-state index contributed by atoms with van der Waals surface area (Å²) in [6, 6.07) is 5.35. The first kappa shape index (κ1) is 22.4. The smallest absolute Gasteiger partial charge is 0.252 e. The number of aromatic nitrogens is 5. The molecule has 7 nitrogen and oxygen atoms in total. The van der Waals surface area contributed by atoms with Crippen molar-refractivity contribution in [2.45, 2.75) is 26.7 Å². The van der Waals surface area contributed by atoms with Crippen LogP contribution in [0.3, 0.4) is 0 Å². The molecule has 0 saturated heterocycles. The van der Waals surface area contributed by atoms with Gasteiger partial charge in [-0.25, -0.2) is 14.5 Å². The number of nitrogens with zero attached hydrogens (tertiary/aromatic N) is 6. The molecule has 4 rings (SSSR count). The quantitative estimate of drug-likeness (QED) is 0.330. The Kier molecular flexibility index (Phi) is 6.55. The highest BCUT2D eigenvalue weighted by molar-refractivity contribution is 7.14. The standard InChI is InChI=1S/C22H20Cl2N6OS/c1-4-9-29(22-28-19(11-32-22)15-5-7-17(23)18(24)10-15)20(31)8-6-16-13(2)27-21-25-12-26-30(21)14(16)3/h4-5,7,10-12H,1,6,8-9H2,2-3H3. The Hall–Kier alpha value is -2.81. The van der Waals surface area contributed by atoms with E-state index in [-0.39, 0.29) is 5.91 Å². The minimum atomic E-state index is -0.0441. The molecule has 32 heavy (non-hydrogen) atoms. The van der Waals surface area contributed by atoms with Crippen molar-refractivity contribution >= 4 is 51.4 Å². The van der Waals surface area contributed by atoms with Crippen LogP contribution in [0.25, 0.3) is 17.0 Å². The molecule has 1 amide bonds. The van der Waals surface area contributed by atoms with Crippen molar-refractivity contribution in [3.63, 3.8) is 0 Å². The fourth-order valence-corrected chi connectivity index (χ4v) is 4.63. The topological polar surface area (TPSA) is 76.3 Å². The van der Waals surface area contributed by atoms with Crippen LogP contribution >= 0.6 is 34.5 Å². The van der Waals surface area contributed by atoms with Crippen LogP contribution in [-0.4, -0.2) is 37.0 Å². The number of halogens is 2. The first-order chi connectivity index (χ1) is 15.4. The summed E-state index contributed by atoms with van der Waals surface area (Å²) in [5.41, 5.74) is 4.35. The Bertz CT molecular complexity index is 1320. The minimum absolute atomic E-state index is 0.0441. The monoisotopic (exact) mass is 486 g/mol. The second-order valence-electron chi connectivity index (χ2n) is 7.17. The summed E-state index contributed by atoms with van der Waals surface area (Å²) in [5.74, 6) is 0.512. The maximum Gasteiger partial charge on any atom is 0.252 e. The summed E-state index contributed by atoms with van der Waals surface area (Å²) in [4.78, 5) is 28.1. The average Bonchev–Trinajstić information content (AvgIpc) is 3.43. The van der Waals surface area contributed by atoms with E-state index >= 15 is 0 Å². The zero-order chi connectivity index (χ0) is 22.8. The molecule has 0 radical (unpaired) electrons. The molecule has 0 saturated carbocycles. The van der Waals surface area contributed by atoms with Gasteiger partial charge in [-0.2, -0.15) is 10.1 Å². The first-order valence-corrected chi connectivity index (χ1v) is 11.5. The summed E-state index contributed by atoms with van der Waals surface area (Å²) in [7, 11) is 0. The van der Waals surface area contributed by atoms with Gasteiger partial charge in [0.25, 0.3) is 5.78 Å². The highest BCUT2D eigenvalue weighted by Crippen LogP contribution is 2.32. The Morgan fingerprint density at radius 1 is 1.25 bits per heavy atom. The molecule has 0 atom stereocenters. The number of benzene rings is 1. The molecule has 0 spiro atoms. The zero-order valence-electron chi connectivity index (χ0n) is 17.5. The molecule has 0 aliphatic rings. The van der Waals surface area contributed by atoms with E-state index in [0.29, 0.717) is 40.3 Å². The Morgan fingerprint density at radius 2 is 2.06 bits per heavy atom. The van der Waals surface area contributed by atoms with Gasteiger partial charge in [-0.1, -0.05) is 35.3 Å². The van der Waals surface area contributed by atoms with Crippen LogP contribution in [0.4, 0.5) is 5.13 Å². The van der Waals surface area contributed by atoms with Crippen LogP contribution in [0.5, 0.6) is 0 Å². The number of aryl methyl sites for hydroxylation is 2. The Labute approximate surface area is 199 Å². The van der Waals surface area contributed by atoms with E-state index in [1.807, 2.05) is 25.3 Å². The van der Waals surface area contributed by atoms with Gasteiger partial charge >= 0.3 is 0 Å². The summed E-state index contributed by atoms with van der Waals surface area (Å²) < 4.78 is 1.69. The molecule has 0 aliphatic carbocycles. The molecule has 0 bridgehead atoms. The lowest BCUT2D eigenvalue weighted by Crippen LogP contribution is -2.31.